The van der Waals surface area contributed by atoms with Crippen LogP contribution in [0.3, 0.4) is 0 Å². The molecule has 0 spiro atoms. The average Bonchev–Trinajstić information content (AvgIpc) is 3.04. The Balaban J connectivity index is 1.66. The van der Waals surface area contributed by atoms with Crippen molar-refractivity contribution < 1.29 is 4.79 Å². The van der Waals surface area contributed by atoms with E-state index in [2.05, 4.69) is 22.5 Å². The van der Waals surface area contributed by atoms with Crippen LogP contribution in [0, 0.1) is 0 Å². The molecule has 0 aliphatic carbocycles. The molecular weight excluding hydrogens is 346 g/mol. The van der Waals surface area contributed by atoms with Gasteiger partial charge in [0, 0.05) is 11.8 Å². The molecule has 1 unspecified atom stereocenters. The molecule has 2 aromatic carbocycles. The number of benzene rings is 2. The summed E-state index contributed by atoms with van der Waals surface area (Å²) >= 11 is 1.60. The van der Waals surface area contributed by atoms with Crippen LogP contribution in [-0.4, -0.2) is 20.9 Å². The van der Waals surface area contributed by atoms with Crippen LogP contribution in [0.1, 0.15) is 18.9 Å². The van der Waals surface area contributed by atoms with Crippen LogP contribution >= 0.6 is 11.8 Å². The van der Waals surface area contributed by atoms with E-state index in [9.17, 15) is 9.59 Å². The smallest absolute Gasteiger partial charge is 0.273 e. The molecule has 6 heteroatoms. The summed E-state index contributed by atoms with van der Waals surface area (Å²) in [6.07, 6.45) is 0.715. The Morgan fingerprint density at radius 2 is 1.77 bits per heavy atom. The lowest BCUT2D eigenvalue weighted by molar-refractivity contribution is -0.115. The number of aromatic nitrogens is 2. The van der Waals surface area contributed by atoms with E-state index < -0.39 is 0 Å². The molecule has 1 heterocycles. The number of amides is 1. The van der Waals surface area contributed by atoms with Crippen molar-refractivity contribution in [1.82, 2.24) is 9.78 Å². The second-order valence-electron chi connectivity index (χ2n) is 5.86. The number of rotatable bonds is 7. The minimum atomic E-state index is -0.212. The highest BCUT2D eigenvalue weighted by Gasteiger charge is 2.18. The first kappa shape index (κ1) is 18.1. The Labute approximate surface area is 156 Å². The number of hydrogen-bond acceptors (Lipinski definition) is 3. The van der Waals surface area contributed by atoms with E-state index in [1.165, 1.54) is 16.3 Å². The molecule has 134 valence electrons. The molecule has 1 atom stereocenters. The second kappa shape index (κ2) is 8.58. The normalized spacial score (nSPS) is 11.9. The Kier molecular flexibility index (Phi) is 5.96. The number of nitrogens with zero attached hydrogens (tertiary/aromatic N) is 1. The first-order chi connectivity index (χ1) is 12.7. The second-order valence-corrected chi connectivity index (χ2v) is 7.05. The Morgan fingerprint density at radius 1 is 1.12 bits per heavy atom. The molecule has 3 rings (SSSR count). The molecule has 26 heavy (non-hydrogen) atoms. The van der Waals surface area contributed by atoms with Crippen molar-refractivity contribution in [3.8, 4) is 5.69 Å². The highest BCUT2D eigenvalue weighted by atomic mass is 32.2. The summed E-state index contributed by atoms with van der Waals surface area (Å²) in [6.45, 7) is 1.99. The molecule has 5 nitrogen and oxygen atoms in total. The summed E-state index contributed by atoms with van der Waals surface area (Å²) < 4.78 is 1.41. The molecule has 1 amide bonds. The molecule has 0 bridgehead atoms. The van der Waals surface area contributed by atoms with Crippen LogP contribution in [-0.2, 0) is 10.5 Å². The van der Waals surface area contributed by atoms with Crippen molar-refractivity contribution in [2.75, 3.05) is 5.32 Å². The number of para-hydroxylation sites is 1. The summed E-state index contributed by atoms with van der Waals surface area (Å²) in [5.74, 6) is 1.08. The number of carbonyl (C=O) groups excluding carboxylic acids is 1. The maximum absolute atomic E-state index is 12.6. The van der Waals surface area contributed by atoms with Crippen molar-refractivity contribution >= 4 is 23.5 Å². The van der Waals surface area contributed by atoms with Gasteiger partial charge >= 0.3 is 0 Å². The number of nitrogens with one attached hydrogen (secondary N) is 2. The Morgan fingerprint density at radius 3 is 2.42 bits per heavy atom. The van der Waals surface area contributed by atoms with Gasteiger partial charge in [0.2, 0.25) is 5.91 Å². The van der Waals surface area contributed by atoms with Crippen molar-refractivity contribution in [1.29, 1.82) is 0 Å². The van der Waals surface area contributed by atoms with Crippen molar-refractivity contribution in [2.24, 2.45) is 0 Å². The first-order valence-electron chi connectivity index (χ1n) is 8.51. The molecule has 0 aliphatic heterocycles. The van der Waals surface area contributed by atoms with Crippen molar-refractivity contribution in [3.63, 3.8) is 0 Å². The van der Waals surface area contributed by atoms with Gasteiger partial charge in [-0.05, 0) is 24.1 Å². The molecule has 2 N–H and O–H groups in total. The summed E-state index contributed by atoms with van der Waals surface area (Å²) in [7, 11) is 0. The topological polar surface area (TPSA) is 66.9 Å². The standard InChI is InChI=1S/C20H21N3O2S/c1-2-17(26-14-15-9-5-3-6-10-15)20(25)21-18-13-19(24)23(22-18)16-11-7-4-8-12-16/h3-13,17,22H,2,14H2,1H3,(H,21,25). The Hall–Kier alpha value is -2.73. The number of hydrogen-bond donors (Lipinski definition) is 2. The van der Waals surface area contributed by atoms with Crippen molar-refractivity contribution in [2.45, 2.75) is 24.3 Å². The van der Waals surface area contributed by atoms with E-state index in [0.717, 1.165) is 11.4 Å². The third-order valence-corrected chi connectivity index (χ3v) is 5.40. The zero-order chi connectivity index (χ0) is 18.4. The molecule has 0 aliphatic rings. The lowest BCUT2D eigenvalue weighted by Crippen LogP contribution is -2.25. The lowest BCUT2D eigenvalue weighted by Gasteiger charge is -2.14. The van der Waals surface area contributed by atoms with Gasteiger partial charge in [0.25, 0.3) is 5.56 Å². The van der Waals surface area contributed by atoms with E-state index in [1.54, 1.807) is 11.8 Å². The molecule has 1 aromatic heterocycles. The third kappa shape index (κ3) is 4.46. The third-order valence-electron chi connectivity index (χ3n) is 3.95. The SMILES string of the molecule is CCC(SCc1ccccc1)C(=O)Nc1cc(=O)n(-c2ccccc2)[nH]1. The highest BCUT2D eigenvalue weighted by molar-refractivity contribution is 7.99. The van der Waals surface area contributed by atoms with Crippen LogP contribution < -0.4 is 10.9 Å². The Bertz CT molecular complexity index is 904. The molecule has 0 saturated heterocycles. The predicted octanol–water partition coefficient (Wildman–Crippen LogP) is 3.82. The van der Waals surface area contributed by atoms with E-state index in [0.29, 0.717) is 12.2 Å². The maximum Gasteiger partial charge on any atom is 0.273 e. The van der Waals surface area contributed by atoms with Gasteiger partial charge in [-0.1, -0.05) is 55.5 Å². The largest absolute Gasteiger partial charge is 0.310 e. The average molecular weight is 367 g/mol. The van der Waals surface area contributed by atoms with Crippen LogP contribution in [0.2, 0.25) is 0 Å². The molecule has 0 fully saturated rings. The van der Waals surface area contributed by atoms with Gasteiger partial charge in [-0.2, -0.15) is 0 Å². The summed E-state index contributed by atoms with van der Waals surface area (Å²) in [5, 5.41) is 5.59. The zero-order valence-corrected chi connectivity index (χ0v) is 15.3. The predicted molar refractivity (Wildman–Crippen MR) is 107 cm³/mol. The van der Waals surface area contributed by atoms with Gasteiger partial charge in [0.1, 0.15) is 5.82 Å². The van der Waals surface area contributed by atoms with Gasteiger partial charge in [0.05, 0.1) is 10.9 Å². The number of anilines is 1. The molecule has 0 saturated carbocycles. The fourth-order valence-corrected chi connectivity index (χ4v) is 3.62. The van der Waals surface area contributed by atoms with Gasteiger partial charge in [-0.25, -0.2) is 4.68 Å². The minimum Gasteiger partial charge on any atom is -0.310 e. The summed E-state index contributed by atoms with van der Waals surface area (Å²) in [5.41, 5.74) is 1.70. The van der Waals surface area contributed by atoms with Crippen LogP contribution in [0.15, 0.2) is 71.5 Å². The van der Waals surface area contributed by atoms with E-state index >= 15 is 0 Å². The van der Waals surface area contributed by atoms with Gasteiger partial charge < -0.3 is 5.32 Å². The van der Waals surface area contributed by atoms with E-state index in [-0.39, 0.29) is 16.7 Å². The quantitative estimate of drug-likeness (QED) is 0.667. The monoisotopic (exact) mass is 367 g/mol. The minimum absolute atomic E-state index is 0.102. The van der Waals surface area contributed by atoms with Gasteiger partial charge in [-0.3, -0.25) is 14.7 Å². The number of carbonyl (C=O) groups is 1. The summed E-state index contributed by atoms with van der Waals surface area (Å²) in [4.78, 5) is 24.7. The van der Waals surface area contributed by atoms with E-state index in [4.69, 9.17) is 0 Å². The summed E-state index contributed by atoms with van der Waals surface area (Å²) in [6, 6.07) is 20.7. The first-order valence-corrected chi connectivity index (χ1v) is 9.56. The van der Waals surface area contributed by atoms with E-state index in [1.807, 2.05) is 55.5 Å². The van der Waals surface area contributed by atoms with Crippen LogP contribution in [0.5, 0.6) is 0 Å². The van der Waals surface area contributed by atoms with Gasteiger partial charge in [0.15, 0.2) is 0 Å². The fourth-order valence-electron chi connectivity index (χ4n) is 2.59. The number of aromatic amines is 1. The molecule has 3 aromatic rings. The van der Waals surface area contributed by atoms with Crippen LogP contribution in [0.4, 0.5) is 5.82 Å². The molecular formula is C20H21N3O2S. The maximum atomic E-state index is 12.6. The fraction of sp³-hybridized carbons (Fsp3) is 0.200. The van der Waals surface area contributed by atoms with Crippen molar-refractivity contribution in [3.05, 3.63) is 82.6 Å². The van der Waals surface area contributed by atoms with Gasteiger partial charge in [-0.15, -0.1) is 11.8 Å². The highest BCUT2D eigenvalue weighted by Crippen LogP contribution is 2.21. The molecule has 0 radical (unpaired) electrons. The lowest BCUT2D eigenvalue weighted by atomic mass is 10.2. The van der Waals surface area contributed by atoms with Crippen LogP contribution in [0.25, 0.3) is 5.69 Å². The number of thioether (sulfide) groups is 1. The zero-order valence-electron chi connectivity index (χ0n) is 14.5. The number of H-pyrrole nitrogens is 1.